The Kier molecular flexibility index (Phi) is 6.04. The molecule has 7 heteroatoms. The van der Waals surface area contributed by atoms with E-state index in [1.54, 1.807) is 11.8 Å². The molecule has 0 spiro atoms. The Balaban J connectivity index is 1.82. The second kappa shape index (κ2) is 8.01. The maximum atomic E-state index is 5.88. The lowest BCUT2D eigenvalue weighted by molar-refractivity contribution is 0.339. The molecule has 6 nitrogen and oxygen atoms in total. The van der Waals surface area contributed by atoms with Gasteiger partial charge in [0.1, 0.15) is 11.6 Å². The number of nitrogen functional groups attached to an aromatic ring is 1. The standard InChI is InChI=1S/C16H23N5OS/c1-11-6-5-7-12(2)14(11)22-8-9-23-10-13-18-15(17)20-16(19-13)21(3)4/h5-7H,8-10H2,1-4H3,(H2,17,18,19,20). The molecular weight excluding hydrogens is 310 g/mol. The van der Waals surface area contributed by atoms with Crippen molar-refractivity contribution in [3.63, 3.8) is 0 Å². The summed E-state index contributed by atoms with van der Waals surface area (Å²) < 4.78 is 5.88. The van der Waals surface area contributed by atoms with Gasteiger partial charge in [-0.25, -0.2) is 0 Å². The number of ether oxygens (including phenoxy) is 1. The lowest BCUT2D eigenvalue weighted by atomic mass is 10.1. The summed E-state index contributed by atoms with van der Waals surface area (Å²) in [6.45, 7) is 4.77. The van der Waals surface area contributed by atoms with Crippen LogP contribution in [0.2, 0.25) is 0 Å². The van der Waals surface area contributed by atoms with Crippen molar-refractivity contribution in [1.29, 1.82) is 0 Å². The van der Waals surface area contributed by atoms with Crippen LogP contribution in [-0.4, -0.2) is 41.4 Å². The van der Waals surface area contributed by atoms with Crippen molar-refractivity contribution < 1.29 is 4.74 Å². The van der Waals surface area contributed by atoms with Gasteiger partial charge in [-0.1, -0.05) is 18.2 Å². The summed E-state index contributed by atoms with van der Waals surface area (Å²) in [5.74, 6) is 4.05. The first-order valence-corrected chi connectivity index (χ1v) is 8.57. The number of hydrogen-bond donors (Lipinski definition) is 1. The molecule has 0 unspecified atom stereocenters. The Morgan fingerprint density at radius 3 is 2.48 bits per heavy atom. The zero-order valence-corrected chi connectivity index (χ0v) is 14.9. The normalized spacial score (nSPS) is 10.6. The predicted octanol–water partition coefficient (Wildman–Crippen LogP) is 2.45. The Labute approximate surface area is 141 Å². The van der Waals surface area contributed by atoms with Crippen LogP contribution in [0.5, 0.6) is 5.75 Å². The minimum atomic E-state index is 0.256. The van der Waals surface area contributed by atoms with E-state index in [1.165, 1.54) is 0 Å². The van der Waals surface area contributed by atoms with Crippen molar-refractivity contribution in [2.24, 2.45) is 0 Å². The lowest BCUT2D eigenvalue weighted by Crippen LogP contribution is -2.16. The zero-order valence-electron chi connectivity index (χ0n) is 14.0. The number of nitrogens with zero attached hydrogens (tertiary/aromatic N) is 4. The minimum Gasteiger partial charge on any atom is -0.492 e. The van der Waals surface area contributed by atoms with Crippen LogP contribution in [0.1, 0.15) is 17.0 Å². The topological polar surface area (TPSA) is 77.2 Å². The number of thioether (sulfide) groups is 1. The van der Waals surface area contributed by atoms with Crippen molar-refractivity contribution in [1.82, 2.24) is 15.0 Å². The number of hydrogen-bond acceptors (Lipinski definition) is 7. The van der Waals surface area contributed by atoms with Gasteiger partial charge in [-0.15, -0.1) is 0 Å². The summed E-state index contributed by atoms with van der Waals surface area (Å²) >= 11 is 1.71. The van der Waals surface area contributed by atoms with Crippen LogP contribution in [0.25, 0.3) is 0 Å². The predicted molar refractivity (Wildman–Crippen MR) is 96.1 cm³/mol. The third kappa shape index (κ3) is 4.99. The van der Waals surface area contributed by atoms with Gasteiger partial charge in [0.15, 0.2) is 0 Å². The van der Waals surface area contributed by atoms with Gasteiger partial charge in [0.25, 0.3) is 0 Å². The number of aryl methyl sites for hydroxylation is 2. The van der Waals surface area contributed by atoms with Crippen LogP contribution in [0.15, 0.2) is 18.2 Å². The molecule has 2 rings (SSSR count). The van der Waals surface area contributed by atoms with Gasteiger partial charge in [-0.05, 0) is 25.0 Å². The van der Waals surface area contributed by atoms with Crippen LogP contribution in [-0.2, 0) is 5.75 Å². The average Bonchev–Trinajstić information content (AvgIpc) is 2.49. The molecule has 0 saturated carbocycles. The molecule has 0 saturated heterocycles. The van der Waals surface area contributed by atoms with Crippen molar-refractivity contribution >= 4 is 23.7 Å². The monoisotopic (exact) mass is 333 g/mol. The summed E-state index contributed by atoms with van der Waals surface area (Å²) in [5, 5.41) is 0. The van der Waals surface area contributed by atoms with Gasteiger partial charge in [-0.2, -0.15) is 26.7 Å². The summed E-state index contributed by atoms with van der Waals surface area (Å²) in [6, 6.07) is 6.16. The SMILES string of the molecule is Cc1cccc(C)c1OCCSCc1nc(N)nc(N(C)C)n1. The highest BCUT2D eigenvalue weighted by Crippen LogP contribution is 2.22. The first kappa shape index (κ1) is 17.3. The molecule has 2 N–H and O–H groups in total. The Bertz CT molecular complexity index is 643. The molecule has 1 aromatic heterocycles. The first-order chi connectivity index (χ1) is 11.0. The van der Waals surface area contributed by atoms with Crippen LogP contribution >= 0.6 is 11.8 Å². The largest absolute Gasteiger partial charge is 0.492 e. The van der Waals surface area contributed by atoms with Crippen LogP contribution in [0, 0.1) is 13.8 Å². The van der Waals surface area contributed by atoms with Gasteiger partial charge < -0.3 is 15.4 Å². The van der Waals surface area contributed by atoms with Crippen molar-refractivity contribution in [3.05, 3.63) is 35.2 Å². The van der Waals surface area contributed by atoms with E-state index in [0.29, 0.717) is 24.1 Å². The van der Waals surface area contributed by atoms with E-state index >= 15 is 0 Å². The second-order valence-electron chi connectivity index (χ2n) is 5.43. The summed E-state index contributed by atoms with van der Waals surface area (Å²) in [5.41, 5.74) is 8.04. The number of nitrogens with two attached hydrogens (primary N) is 1. The fourth-order valence-corrected chi connectivity index (χ4v) is 2.74. The number of para-hydroxylation sites is 1. The van der Waals surface area contributed by atoms with Gasteiger partial charge in [-0.3, -0.25) is 0 Å². The fourth-order valence-electron chi connectivity index (χ4n) is 2.08. The van der Waals surface area contributed by atoms with E-state index in [9.17, 15) is 0 Å². The van der Waals surface area contributed by atoms with Gasteiger partial charge >= 0.3 is 0 Å². The molecule has 0 aliphatic carbocycles. The van der Waals surface area contributed by atoms with Gasteiger partial charge in [0.2, 0.25) is 11.9 Å². The molecule has 23 heavy (non-hydrogen) atoms. The molecule has 1 heterocycles. The maximum absolute atomic E-state index is 5.88. The van der Waals surface area contributed by atoms with Crippen molar-refractivity contribution in [2.75, 3.05) is 37.1 Å². The van der Waals surface area contributed by atoms with Gasteiger partial charge in [0.05, 0.1) is 12.4 Å². The lowest BCUT2D eigenvalue weighted by Gasteiger charge is -2.12. The van der Waals surface area contributed by atoms with Crippen LogP contribution in [0.3, 0.4) is 0 Å². The van der Waals surface area contributed by atoms with Gasteiger partial charge in [0, 0.05) is 19.8 Å². The molecule has 0 radical (unpaired) electrons. The first-order valence-electron chi connectivity index (χ1n) is 7.42. The van der Waals surface area contributed by atoms with E-state index in [1.807, 2.05) is 25.1 Å². The number of rotatable bonds is 7. The number of aromatic nitrogens is 3. The van der Waals surface area contributed by atoms with E-state index in [4.69, 9.17) is 10.5 Å². The molecule has 0 amide bonds. The fraction of sp³-hybridized carbons (Fsp3) is 0.438. The Morgan fingerprint density at radius 1 is 1.13 bits per heavy atom. The molecule has 124 valence electrons. The smallest absolute Gasteiger partial charge is 0.229 e. The van der Waals surface area contributed by atoms with Crippen molar-refractivity contribution in [2.45, 2.75) is 19.6 Å². The van der Waals surface area contributed by atoms with E-state index in [-0.39, 0.29) is 5.95 Å². The molecule has 0 aliphatic rings. The molecule has 2 aromatic rings. The van der Waals surface area contributed by atoms with Crippen LogP contribution < -0.4 is 15.4 Å². The molecular formula is C16H23N5OS. The van der Waals surface area contributed by atoms with E-state index < -0.39 is 0 Å². The molecule has 0 fully saturated rings. The minimum absolute atomic E-state index is 0.256. The number of anilines is 2. The zero-order chi connectivity index (χ0) is 16.8. The molecule has 1 aromatic carbocycles. The molecule has 0 bridgehead atoms. The molecule has 0 atom stereocenters. The number of benzene rings is 1. The summed E-state index contributed by atoms with van der Waals surface area (Å²) in [6.07, 6.45) is 0. The van der Waals surface area contributed by atoms with E-state index in [0.717, 1.165) is 22.6 Å². The maximum Gasteiger partial charge on any atom is 0.229 e. The Hall–Kier alpha value is -2.02. The molecule has 0 aliphatic heterocycles. The quantitative estimate of drug-likeness (QED) is 0.780. The summed E-state index contributed by atoms with van der Waals surface area (Å²) in [4.78, 5) is 14.4. The van der Waals surface area contributed by atoms with Crippen molar-refractivity contribution in [3.8, 4) is 5.75 Å². The highest BCUT2D eigenvalue weighted by molar-refractivity contribution is 7.98. The third-order valence-corrected chi connectivity index (χ3v) is 4.12. The highest BCUT2D eigenvalue weighted by Gasteiger charge is 2.07. The third-order valence-electron chi connectivity index (χ3n) is 3.20. The van der Waals surface area contributed by atoms with Crippen LogP contribution in [0.4, 0.5) is 11.9 Å². The second-order valence-corrected chi connectivity index (χ2v) is 6.53. The summed E-state index contributed by atoms with van der Waals surface area (Å²) in [7, 11) is 3.76. The Morgan fingerprint density at radius 2 is 1.83 bits per heavy atom. The average molecular weight is 333 g/mol. The highest BCUT2D eigenvalue weighted by atomic mass is 32.2. The van der Waals surface area contributed by atoms with E-state index in [2.05, 4.69) is 40.9 Å².